The van der Waals surface area contributed by atoms with Gasteiger partial charge in [0.15, 0.2) is 0 Å². The zero-order valence-electron chi connectivity index (χ0n) is 11.6. The van der Waals surface area contributed by atoms with Crippen molar-refractivity contribution in [3.8, 4) is 6.07 Å². The minimum atomic E-state index is 0.700. The molecule has 0 atom stereocenters. The number of rotatable bonds is 3. The average molecular weight is 250 g/mol. The molecule has 2 aromatic rings. The summed E-state index contributed by atoms with van der Waals surface area (Å²) in [5.74, 6) is 0. The van der Waals surface area contributed by atoms with Crippen molar-refractivity contribution in [3.05, 3.63) is 64.2 Å². The normalized spacial score (nSPS) is 10.0. The molecule has 2 heteroatoms. The summed E-state index contributed by atoms with van der Waals surface area (Å²) < 4.78 is 0. The summed E-state index contributed by atoms with van der Waals surface area (Å²) in [5.41, 5.74) is 6.91. The first-order valence-electron chi connectivity index (χ1n) is 6.41. The van der Waals surface area contributed by atoms with Crippen molar-refractivity contribution in [2.75, 3.05) is 5.32 Å². The molecule has 0 saturated carbocycles. The van der Waals surface area contributed by atoms with E-state index in [4.69, 9.17) is 5.26 Å². The molecule has 0 amide bonds. The van der Waals surface area contributed by atoms with E-state index in [2.05, 4.69) is 44.3 Å². The summed E-state index contributed by atoms with van der Waals surface area (Å²) in [4.78, 5) is 0. The third-order valence-electron chi connectivity index (χ3n) is 3.23. The molecule has 0 aromatic heterocycles. The van der Waals surface area contributed by atoms with Gasteiger partial charge in [-0.15, -0.1) is 0 Å². The number of benzene rings is 2. The first-order valence-corrected chi connectivity index (χ1v) is 6.41. The van der Waals surface area contributed by atoms with E-state index in [-0.39, 0.29) is 0 Å². The third kappa shape index (κ3) is 3.14. The van der Waals surface area contributed by atoms with E-state index >= 15 is 0 Å². The summed E-state index contributed by atoms with van der Waals surface area (Å²) in [6, 6.07) is 14.2. The first-order chi connectivity index (χ1) is 9.10. The van der Waals surface area contributed by atoms with Crippen LogP contribution in [0.5, 0.6) is 0 Å². The minimum absolute atomic E-state index is 0.700. The van der Waals surface area contributed by atoms with Crippen molar-refractivity contribution < 1.29 is 0 Å². The number of nitrogens with zero attached hydrogens (tertiary/aromatic N) is 1. The highest BCUT2D eigenvalue weighted by atomic mass is 14.9. The number of hydrogen-bond acceptors (Lipinski definition) is 2. The van der Waals surface area contributed by atoms with E-state index in [0.29, 0.717) is 5.56 Å². The van der Waals surface area contributed by atoms with Gasteiger partial charge in [-0.05, 0) is 49.6 Å². The Hall–Kier alpha value is -2.27. The lowest BCUT2D eigenvalue weighted by Gasteiger charge is -2.14. The molecule has 0 heterocycles. The summed E-state index contributed by atoms with van der Waals surface area (Å²) >= 11 is 0. The number of nitriles is 1. The zero-order valence-corrected chi connectivity index (χ0v) is 11.6. The SMILES string of the molecule is Cc1cc(C)c(NCc2ccc(C#N)cc2)c(C)c1. The van der Waals surface area contributed by atoms with Crippen molar-refractivity contribution in [1.29, 1.82) is 5.26 Å². The number of aryl methyl sites for hydroxylation is 3. The lowest BCUT2D eigenvalue weighted by Crippen LogP contribution is -2.03. The third-order valence-corrected chi connectivity index (χ3v) is 3.23. The second-order valence-electron chi connectivity index (χ2n) is 4.94. The van der Waals surface area contributed by atoms with Crippen LogP contribution in [0.1, 0.15) is 27.8 Å². The van der Waals surface area contributed by atoms with Crippen LogP contribution < -0.4 is 5.32 Å². The number of hydrogen-bond donors (Lipinski definition) is 1. The quantitative estimate of drug-likeness (QED) is 0.890. The molecule has 2 nitrogen and oxygen atoms in total. The fourth-order valence-electron chi connectivity index (χ4n) is 2.35. The maximum Gasteiger partial charge on any atom is 0.0991 e. The van der Waals surface area contributed by atoms with Crippen LogP contribution >= 0.6 is 0 Å². The fraction of sp³-hybridized carbons (Fsp3) is 0.235. The molecule has 0 saturated heterocycles. The lowest BCUT2D eigenvalue weighted by molar-refractivity contribution is 1.12. The van der Waals surface area contributed by atoms with Crippen LogP contribution in [0.4, 0.5) is 5.69 Å². The summed E-state index contributed by atoms with van der Waals surface area (Å²) in [6.07, 6.45) is 0. The standard InChI is InChI=1S/C17H18N2/c1-12-8-13(2)17(14(3)9-12)19-11-16-6-4-15(10-18)5-7-16/h4-9,19H,11H2,1-3H3. The average Bonchev–Trinajstić information content (AvgIpc) is 2.38. The minimum Gasteiger partial charge on any atom is -0.381 e. The Morgan fingerprint density at radius 1 is 1.00 bits per heavy atom. The highest BCUT2D eigenvalue weighted by Gasteiger charge is 2.03. The number of nitrogens with one attached hydrogen (secondary N) is 1. The van der Waals surface area contributed by atoms with Gasteiger partial charge in [-0.3, -0.25) is 0 Å². The van der Waals surface area contributed by atoms with Gasteiger partial charge >= 0.3 is 0 Å². The molecule has 0 fully saturated rings. The Bertz CT molecular complexity index is 596. The lowest BCUT2D eigenvalue weighted by atomic mass is 10.0. The second kappa shape index (κ2) is 5.58. The molecular formula is C17H18N2. The fourth-order valence-corrected chi connectivity index (χ4v) is 2.35. The van der Waals surface area contributed by atoms with Gasteiger partial charge in [-0.2, -0.15) is 5.26 Å². The molecule has 0 bridgehead atoms. The van der Waals surface area contributed by atoms with Gasteiger partial charge in [-0.1, -0.05) is 29.8 Å². The van der Waals surface area contributed by atoms with Crippen LogP contribution in [-0.4, -0.2) is 0 Å². The van der Waals surface area contributed by atoms with Gasteiger partial charge < -0.3 is 5.32 Å². The Morgan fingerprint density at radius 2 is 1.58 bits per heavy atom. The zero-order chi connectivity index (χ0) is 13.8. The Labute approximate surface area is 114 Å². The molecule has 0 unspecified atom stereocenters. The van der Waals surface area contributed by atoms with Gasteiger partial charge in [0, 0.05) is 12.2 Å². The second-order valence-corrected chi connectivity index (χ2v) is 4.94. The molecule has 2 aromatic carbocycles. The van der Waals surface area contributed by atoms with Crippen molar-refractivity contribution in [2.45, 2.75) is 27.3 Å². The van der Waals surface area contributed by atoms with Crippen LogP contribution in [-0.2, 0) is 6.54 Å². The van der Waals surface area contributed by atoms with Crippen LogP contribution in [0, 0.1) is 32.1 Å². The van der Waals surface area contributed by atoms with Gasteiger partial charge in [0.05, 0.1) is 11.6 Å². The van der Waals surface area contributed by atoms with Crippen LogP contribution in [0.25, 0.3) is 0 Å². The summed E-state index contributed by atoms with van der Waals surface area (Å²) in [6.45, 7) is 7.14. The van der Waals surface area contributed by atoms with E-state index in [1.165, 1.54) is 27.9 Å². The van der Waals surface area contributed by atoms with Crippen molar-refractivity contribution in [2.24, 2.45) is 0 Å². The monoisotopic (exact) mass is 250 g/mol. The van der Waals surface area contributed by atoms with E-state index in [1.807, 2.05) is 24.3 Å². The maximum absolute atomic E-state index is 8.77. The Kier molecular flexibility index (Phi) is 3.87. The van der Waals surface area contributed by atoms with Crippen molar-refractivity contribution >= 4 is 5.69 Å². The molecule has 0 spiro atoms. The first kappa shape index (κ1) is 13.2. The molecule has 19 heavy (non-hydrogen) atoms. The summed E-state index contributed by atoms with van der Waals surface area (Å²) in [7, 11) is 0. The molecular weight excluding hydrogens is 232 g/mol. The predicted octanol–water partition coefficient (Wildman–Crippen LogP) is 4.10. The maximum atomic E-state index is 8.77. The van der Waals surface area contributed by atoms with Crippen LogP contribution in [0.15, 0.2) is 36.4 Å². The van der Waals surface area contributed by atoms with Gasteiger partial charge in [0.25, 0.3) is 0 Å². The Balaban J connectivity index is 2.12. The molecule has 1 N–H and O–H groups in total. The summed E-state index contributed by atoms with van der Waals surface area (Å²) in [5, 5.41) is 12.2. The van der Waals surface area contributed by atoms with Crippen LogP contribution in [0.3, 0.4) is 0 Å². The van der Waals surface area contributed by atoms with E-state index in [1.54, 1.807) is 0 Å². The molecule has 0 aliphatic carbocycles. The molecule has 0 radical (unpaired) electrons. The van der Waals surface area contributed by atoms with Gasteiger partial charge in [0.2, 0.25) is 0 Å². The molecule has 96 valence electrons. The van der Waals surface area contributed by atoms with Crippen LogP contribution in [0.2, 0.25) is 0 Å². The van der Waals surface area contributed by atoms with E-state index in [9.17, 15) is 0 Å². The highest BCUT2D eigenvalue weighted by Crippen LogP contribution is 2.22. The molecule has 0 aliphatic rings. The topological polar surface area (TPSA) is 35.8 Å². The highest BCUT2D eigenvalue weighted by molar-refractivity contribution is 5.58. The van der Waals surface area contributed by atoms with Gasteiger partial charge in [0.1, 0.15) is 0 Å². The Morgan fingerprint density at radius 3 is 2.11 bits per heavy atom. The predicted molar refractivity (Wildman–Crippen MR) is 79.1 cm³/mol. The van der Waals surface area contributed by atoms with Gasteiger partial charge in [-0.25, -0.2) is 0 Å². The van der Waals surface area contributed by atoms with Crippen molar-refractivity contribution in [3.63, 3.8) is 0 Å². The van der Waals surface area contributed by atoms with Crippen molar-refractivity contribution in [1.82, 2.24) is 0 Å². The largest absolute Gasteiger partial charge is 0.381 e. The number of anilines is 1. The molecule has 2 rings (SSSR count). The van der Waals surface area contributed by atoms with E-state index < -0.39 is 0 Å². The van der Waals surface area contributed by atoms with E-state index in [0.717, 1.165) is 6.54 Å². The molecule has 0 aliphatic heterocycles. The smallest absolute Gasteiger partial charge is 0.0991 e.